The molecule has 0 fully saturated rings. The molecule has 3 heterocycles. The molecule has 0 spiro atoms. The van der Waals surface area contributed by atoms with Crippen molar-refractivity contribution >= 4 is 5.97 Å². The van der Waals surface area contributed by atoms with Crippen LogP contribution in [-0.4, -0.2) is 26.0 Å². The van der Waals surface area contributed by atoms with Gasteiger partial charge in [0.1, 0.15) is 0 Å². The number of benzene rings is 1. The largest absolute Gasteiger partial charge is 0.533 e. The van der Waals surface area contributed by atoms with Gasteiger partial charge in [0.05, 0.1) is 0 Å². The maximum absolute atomic E-state index is 10.1. The van der Waals surface area contributed by atoms with E-state index in [0.717, 1.165) is 22.5 Å². The van der Waals surface area contributed by atoms with Crippen LogP contribution >= 0.6 is 0 Å². The van der Waals surface area contributed by atoms with Gasteiger partial charge in [-0.15, -0.1) is 42.0 Å². The fourth-order valence-electron chi connectivity index (χ4n) is 2.24. The molecular formula is C22H15IrN3O2-2. The second-order valence-corrected chi connectivity index (χ2v) is 5.36. The molecule has 5 nitrogen and oxygen atoms in total. The van der Waals surface area contributed by atoms with Crippen molar-refractivity contribution < 1.29 is 30.0 Å². The summed E-state index contributed by atoms with van der Waals surface area (Å²) in [7, 11) is 0. The predicted octanol–water partition coefficient (Wildman–Crippen LogP) is 4.19. The van der Waals surface area contributed by atoms with Gasteiger partial charge >= 0.3 is 0 Å². The van der Waals surface area contributed by atoms with E-state index in [1.165, 1.54) is 12.3 Å². The Balaban J connectivity index is 0.000000239. The van der Waals surface area contributed by atoms with Crippen LogP contribution in [0.1, 0.15) is 10.5 Å². The zero-order chi connectivity index (χ0) is 18.9. The topological polar surface area (TPSA) is 76.0 Å². The van der Waals surface area contributed by atoms with Crippen LogP contribution in [0.3, 0.4) is 0 Å². The van der Waals surface area contributed by atoms with Crippen LogP contribution in [0.4, 0.5) is 0 Å². The van der Waals surface area contributed by atoms with E-state index >= 15 is 0 Å². The van der Waals surface area contributed by atoms with Crippen molar-refractivity contribution in [1.82, 2.24) is 15.0 Å². The Bertz CT molecular complexity index is 922. The van der Waals surface area contributed by atoms with E-state index in [-0.39, 0.29) is 25.8 Å². The van der Waals surface area contributed by atoms with Gasteiger partial charge < -0.3 is 14.9 Å². The number of rotatable bonds is 3. The van der Waals surface area contributed by atoms with Gasteiger partial charge in [0.25, 0.3) is 0 Å². The molecule has 4 aromatic rings. The second-order valence-electron chi connectivity index (χ2n) is 5.36. The molecule has 0 aliphatic rings. The number of pyridine rings is 3. The third-order valence-corrected chi connectivity index (χ3v) is 3.52. The summed E-state index contributed by atoms with van der Waals surface area (Å²) in [5, 5.41) is 8.29. The maximum Gasteiger partial charge on any atom is 0.247 e. The molecule has 141 valence electrons. The fraction of sp³-hybridized carbons (Fsp3) is 0. The van der Waals surface area contributed by atoms with E-state index < -0.39 is 5.97 Å². The SMILES string of the molecule is O=C(O)c1[c-]cccn1.[Ir].[c-]1cc(-c2ccccn2)ccc1-c1ccccn1. The van der Waals surface area contributed by atoms with E-state index in [4.69, 9.17) is 5.11 Å². The van der Waals surface area contributed by atoms with Gasteiger partial charge in [-0.25, -0.2) is 0 Å². The molecule has 1 radical (unpaired) electrons. The zero-order valence-electron chi connectivity index (χ0n) is 14.6. The van der Waals surface area contributed by atoms with Crippen LogP contribution in [0, 0.1) is 12.1 Å². The summed E-state index contributed by atoms with van der Waals surface area (Å²) in [6.07, 6.45) is 5.00. The molecule has 6 heteroatoms. The van der Waals surface area contributed by atoms with Crippen molar-refractivity contribution in [2.24, 2.45) is 0 Å². The standard InChI is InChI=1S/C16H11N2.C6H4NO2.Ir/c1-3-11-17-15(5-1)13-7-9-14(10-8-13)16-6-2-4-12-18-16;8-6(9)5-3-1-2-4-7-5;/h1-9,11-12H;1-2,4H,(H,8,9);/q2*-1;. The summed E-state index contributed by atoms with van der Waals surface area (Å²) in [5.41, 5.74) is 3.91. The smallest absolute Gasteiger partial charge is 0.247 e. The van der Waals surface area contributed by atoms with Crippen molar-refractivity contribution in [3.63, 3.8) is 0 Å². The molecule has 0 unspecified atom stereocenters. The number of hydrogen-bond donors (Lipinski definition) is 1. The first-order valence-corrected chi connectivity index (χ1v) is 8.14. The molecule has 0 aliphatic heterocycles. The quantitative estimate of drug-likeness (QED) is 0.391. The first-order chi connectivity index (χ1) is 13.2. The number of aromatic nitrogens is 3. The molecule has 3 aromatic heterocycles. The summed E-state index contributed by atoms with van der Waals surface area (Å²) in [6, 6.07) is 26.6. The van der Waals surface area contributed by atoms with Crippen LogP contribution in [0.15, 0.2) is 85.3 Å². The Morgan fingerprint density at radius 2 is 1.46 bits per heavy atom. The Hall–Kier alpha value is -3.21. The summed E-state index contributed by atoms with van der Waals surface area (Å²) in [4.78, 5) is 22.3. The van der Waals surface area contributed by atoms with Crippen molar-refractivity contribution in [2.45, 2.75) is 0 Å². The van der Waals surface area contributed by atoms with Crippen molar-refractivity contribution in [3.05, 3.63) is 103 Å². The van der Waals surface area contributed by atoms with Crippen molar-refractivity contribution in [1.29, 1.82) is 0 Å². The summed E-state index contributed by atoms with van der Waals surface area (Å²) in [5.74, 6) is -1.05. The van der Waals surface area contributed by atoms with Crippen LogP contribution in [-0.2, 0) is 20.1 Å². The zero-order valence-corrected chi connectivity index (χ0v) is 17.0. The molecule has 1 N–H and O–H groups in total. The Kier molecular flexibility index (Phi) is 8.15. The number of aromatic carboxylic acids is 1. The van der Waals surface area contributed by atoms with Gasteiger partial charge in [-0.1, -0.05) is 23.8 Å². The average molecular weight is 546 g/mol. The van der Waals surface area contributed by atoms with E-state index in [0.29, 0.717) is 0 Å². The second kappa shape index (κ2) is 10.8. The van der Waals surface area contributed by atoms with Gasteiger partial charge in [0, 0.05) is 43.9 Å². The molecule has 28 heavy (non-hydrogen) atoms. The number of carboxylic acids is 1. The van der Waals surface area contributed by atoms with Gasteiger partial charge in [-0.2, -0.15) is 6.07 Å². The van der Waals surface area contributed by atoms with Crippen LogP contribution in [0.25, 0.3) is 22.5 Å². The van der Waals surface area contributed by atoms with E-state index in [9.17, 15) is 4.79 Å². The van der Waals surface area contributed by atoms with Crippen LogP contribution in [0.5, 0.6) is 0 Å². The minimum atomic E-state index is -1.05. The molecule has 0 bridgehead atoms. The molecule has 0 saturated heterocycles. The van der Waals surface area contributed by atoms with Gasteiger partial charge in [-0.05, 0) is 30.1 Å². The van der Waals surface area contributed by atoms with E-state index in [1.807, 2.05) is 54.6 Å². The van der Waals surface area contributed by atoms with Crippen molar-refractivity contribution in [2.75, 3.05) is 0 Å². The monoisotopic (exact) mass is 546 g/mol. The molecule has 1 aromatic carbocycles. The summed E-state index contributed by atoms with van der Waals surface area (Å²) in [6.45, 7) is 0. The Labute approximate surface area is 176 Å². The molecular weight excluding hydrogens is 530 g/mol. The van der Waals surface area contributed by atoms with Crippen LogP contribution in [0.2, 0.25) is 0 Å². The normalized spacial score (nSPS) is 9.43. The first-order valence-electron chi connectivity index (χ1n) is 8.14. The predicted molar refractivity (Wildman–Crippen MR) is 102 cm³/mol. The first kappa shape index (κ1) is 21.1. The third kappa shape index (κ3) is 5.91. The van der Waals surface area contributed by atoms with Crippen molar-refractivity contribution in [3.8, 4) is 22.5 Å². The van der Waals surface area contributed by atoms with E-state index in [2.05, 4.69) is 27.1 Å². The average Bonchev–Trinajstić information content (AvgIpc) is 2.76. The third-order valence-electron chi connectivity index (χ3n) is 3.52. The minimum Gasteiger partial charge on any atom is -0.533 e. The fourth-order valence-corrected chi connectivity index (χ4v) is 2.24. The van der Waals surface area contributed by atoms with E-state index in [1.54, 1.807) is 18.5 Å². The Morgan fingerprint density at radius 1 is 0.786 bits per heavy atom. The molecule has 0 amide bonds. The number of hydrogen-bond acceptors (Lipinski definition) is 4. The van der Waals surface area contributed by atoms with Crippen LogP contribution < -0.4 is 0 Å². The Morgan fingerprint density at radius 3 is 1.93 bits per heavy atom. The van der Waals surface area contributed by atoms with Gasteiger partial charge in [-0.3, -0.25) is 9.97 Å². The summed E-state index contributed by atoms with van der Waals surface area (Å²) >= 11 is 0. The molecule has 0 aliphatic carbocycles. The number of carboxylic acid groups (broad SMARTS) is 1. The number of nitrogens with zero attached hydrogens (tertiary/aromatic N) is 3. The molecule has 4 rings (SSSR count). The van der Waals surface area contributed by atoms with Gasteiger partial charge in [0.2, 0.25) is 5.97 Å². The summed E-state index contributed by atoms with van der Waals surface area (Å²) < 4.78 is 0. The number of carbonyl (C=O) groups is 1. The maximum atomic E-state index is 10.1. The minimum absolute atomic E-state index is 0. The van der Waals surface area contributed by atoms with Gasteiger partial charge in [0.15, 0.2) is 0 Å². The molecule has 0 saturated carbocycles. The molecule has 0 atom stereocenters.